The lowest BCUT2D eigenvalue weighted by molar-refractivity contribution is -0.0846. The first-order chi connectivity index (χ1) is 8.72. The van der Waals surface area contributed by atoms with E-state index in [1.54, 1.807) is 6.07 Å². The van der Waals surface area contributed by atoms with E-state index in [1.807, 2.05) is 27.7 Å². The Morgan fingerprint density at radius 3 is 2.53 bits per heavy atom. The zero-order valence-electron chi connectivity index (χ0n) is 11.9. The Labute approximate surface area is 113 Å². The summed E-state index contributed by atoms with van der Waals surface area (Å²) in [6.45, 7) is 7.77. The molecule has 0 spiro atoms. The Hall–Kier alpha value is -1.13. The Morgan fingerprint density at radius 1 is 1.32 bits per heavy atom. The predicted octanol–water partition coefficient (Wildman–Crippen LogP) is 3.04. The van der Waals surface area contributed by atoms with Crippen LogP contribution in [0.3, 0.4) is 0 Å². The molecule has 1 heterocycles. The highest BCUT2D eigenvalue weighted by Crippen LogP contribution is 2.39. The van der Waals surface area contributed by atoms with E-state index in [1.165, 1.54) is 12.1 Å². The minimum absolute atomic E-state index is 0.143. The third-order valence-corrected chi connectivity index (χ3v) is 3.38. The number of halogens is 1. The standard InChI is InChI=1S/C15H21FO3/c1-14(2)8-13(15(3,4)19-14)18-12-6-10(9-17)5-11(16)7-12/h5-7,13,17H,8-9H2,1-4H3. The van der Waals surface area contributed by atoms with Crippen LogP contribution in [0, 0.1) is 5.82 Å². The summed E-state index contributed by atoms with van der Waals surface area (Å²) in [6, 6.07) is 4.29. The monoisotopic (exact) mass is 268 g/mol. The Kier molecular flexibility index (Phi) is 3.58. The van der Waals surface area contributed by atoms with Gasteiger partial charge in [0, 0.05) is 12.5 Å². The van der Waals surface area contributed by atoms with Crippen LogP contribution in [0.5, 0.6) is 5.75 Å². The van der Waals surface area contributed by atoms with E-state index in [9.17, 15) is 4.39 Å². The molecular weight excluding hydrogens is 247 g/mol. The fraction of sp³-hybridized carbons (Fsp3) is 0.600. The van der Waals surface area contributed by atoms with E-state index in [2.05, 4.69) is 0 Å². The normalized spacial score (nSPS) is 24.4. The van der Waals surface area contributed by atoms with Crippen LogP contribution in [0.4, 0.5) is 4.39 Å². The summed E-state index contributed by atoms with van der Waals surface area (Å²) in [5.41, 5.74) is -0.165. The van der Waals surface area contributed by atoms with Gasteiger partial charge in [0.25, 0.3) is 0 Å². The van der Waals surface area contributed by atoms with Gasteiger partial charge in [0.05, 0.1) is 12.2 Å². The van der Waals surface area contributed by atoms with E-state index in [-0.39, 0.29) is 18.3 Å². The molecule has 1 fully saturated rings. The lowest BCUT2D eigenvalue weighted by Gasteiger charge is -2.27. The van der Waals surface area contributed by atoms with Crippen molar-refractivity contribution in [1.29, 1.82) is 0 Å². The molecule has 19 heavy (non-hydrogen) atoms. The molecule has 0 aliphatic carbocycles. The number of benzene rings is 1. The predicted molar refractivity (Wildman–Crippen MR) is 70.6 cm³/mol. The van der Waals surface area contributed by atoms with Crippen LogP contribution in [0.25, 0.3) is 0 Å². The number of rotatable bonds is 3. The van der Waals surface area contributed by atoms with Crippen molar-refractivity contribution in [3.63, 3.8) is 0 Å². The van der Waals surface area contributed by atoms with Gasteiger partial charge < -0.3 is 14.6 Å². The molecular formula is C15H21FO3. The lowest BCUT2D eigenvalue weighted by Crippen LogP contribution is -2.36. The molecule has 106 valence electrons. The summed E-state index contributed by atoms with van der Waals surface area (Å²) in [5.74, 6) is 0.0287. The van der Waals surface area contributed by atoms with Crippen LogP contribution in [0.2, 0.25) is 0 Å². The first-order valence-corrected chi connectivity index (χ1v) is 6.49. The van der Waals surface area contributed by atoms with E-state index in [4.69, 9.17) is 14.6 Å². The van der Waals surface area contributed by atoms with E-state index < -0.39 is 11.4 Å². The first-order valence-electron chi connectivity index (χ1n) is 6.49. The molecule has 0 bridgehead atoms. The molecule has 1 aromatic carbocycles. The summed E-state index contributed by atoms with van der Waals surface area (Å²) in [5, 5.41) is 9.09. The molecule has 1 aliphatic heterocycles. The van der Waals surface area contributed by atoms with Gasteiger partial charge >= 0.3 is 0 Å². The minimum Gasteiger partial charge on any atom is -0.487 e. The maximum atomic E-state index is 13.4. The zero-order chi connectivity index (χ0) is 14.3. The van der Waals surface area contributed by atoms with Crippen molar-refractivity contribution in [2.45, 2.75) is 58.0 Å². The van der Waals surface area contributed by atoms with Gasteiger partial charge in [-0.25, -0.2) is 4.39 Å². The molecule has 3 nitrogen and oxygen atoms in total. The van der Waals surface area contributed by atoms with Gasteiger partial charge in [-0.15, -0.1) is 0 Å². The number of ether oxygens (including phenoxy) is 2. The molecule has 0 saturated carbocycles. The van der Waals surface area contributed by atoms with Crippen LogP contribution in [-0.2, 0) is 11.3 Å². The molecule has 0 amide bonds. The Balaban J connectivity index is 2.19. The summed E-state index contributed by atoms with van der Waals surface area (Å²) >= 11 is 0. The van der Waals surface area contributed by atoms with E-state index in [0.717, 1.165) is 6.42 Å². The molecule has 0 radical (unpaired) electrons. The largest absolute Gasteiger partial charge is 0.487 e. The molecule has 4 heteroatoms. The second kappa shape index (κ2) is 4.76. The van der Waals surface area contributed by atoms with Gasteiger partial charge in [0.2, 0.25) is 0 Å². The van der Waals surface area contributed by atoms with Crippen LogP contribution < -0.4 is 4.74 Å². The summed E-state index contributed by atoms with van der Waals surface area (Å²) in [4.78, 5) is 0. The molecule has 1 aliphatic rings. The van der Waals surface area contributed by atoms with Crippen molar-refractivity contribution in [3.05, 3.63) is 29.6 Å². The SMILES string of the molecule is CC1(C)CC(Oc2cc(F)cc(CO)c2)C(C)(C)O1. The smallest absolute Gasteiger partial charge is 0.130 e. The van der Waals surface area contributed by atoms with Crippen molar-refractivity contribution >= 4 is 0 Å². The van der Waals surface area contributed by atoms with Crippen molar-refractivity contribution in [1.82, 2.24) is 0 Å². The molecule has 1 aromatic rings. The molecule has 2 rings (SSSR count). The average molecular weight is 268 g/mol. The van der Waals surface area contributed by atoms with Crippen molar-refractivity contribution in [3.8, 4) is 5.75 Å². The summed E-state index contributed by atoms with van der Waals surface area (Å²) in [6.07, 6.45) is 0.598. The second-order valence-electron chi connectivity index (χ2n) is 6.23. The fourth-order valence-electron chi connectivity index (χ4n) is 2.64. The van der Waals surface area contributed by atoms with E-state index in [0.29, 0.717) is 11.3 Å². The fourth-order valence-corrected chi connectivity index (χ4v) is 2.64. The Morgan fingerprint density at radius 2 is 2.00 bits per heavy atom. The average Bonchev–Trinajstić information content (AvgIpc) is 2.45. The zero-order valence-corrected chi connectivity index (χ0v) is 11.9. The number of aliphatic hydroxyl groups is 1. The topological polar surface area (TPSA) is 38.7 Å². The third kappa shape index (κ3) is 3.25. The second-order valence-corrected chi connectivity index (χ2v) is 6.23. The van der Waals surface area contributed by atoms with Gasteiger partial charge in [0.1, 0.15) is 23.3 Å². The summed E-state index contributed by atoms with van der Waals surface area (Å²) in [7, 11) is 0. The number of hydrogen-bond acceptors (Lipinski definition) is 3. The van der Waals surface area contributed by atoms with Crippen LogP contribution >= 0.6 is 0 Å². The number of aliphatic hydroxyl groups excluding tert-OH is 1. The molecule has 0 aromatic heterocycles. The maximum Gasteiger partial charge on any atom is 0.130 e. The lowest BCUT2D eigenvalue weighted by atomic mass is 9.97. The maximum absolute atomic E-state index is 13.4. The first kappa shape index (κ1) is 14.3. The summed E-state index contributed by atoms with van der Waals surface area (Å²) < 4.78 is 25.2. The molecule has 1 atom stereocenters. The van der Waals surface area contributed by atoms with Crippen molar-refractivity contribution in [2.24, 2.45) is 0 Å². The highest BCUT2D eigenvalue weighted by atomic mass is 19.1. The van der Waals surface area contributed by atoms with Gasteiger partial charge in [-0.05, 0) is 45.4 Å². The van der Waals surface area contributed by atoms with Crippen LogP contribution in [0.1, 0.15) is 39.7 Å². The van der Waals surface area contributed by atoms with Crippen LogP contribution in [-0.4, -0.2) is 22.4 Å². The van der Waals surface area contributed by atoms with Gasteiger partial charge in [-0.3, -0.25) is 0 Å². The van der Waals surface area contributed by atoms with Gasteiger partial charge in [-0.2, -0.15) is 0 Å². The van der Waals surface area contributed by atoms with Crippen molar-refractivity contribution < 1.29 is 19.0 Å². The van der Waals surface area contributed by atoms with Gasteiger partial charge in [-0.1, -0.05) is 0 Å². The number of hydrogen-bond donors (Lipinski definition) is 1. The van der Waals surface area contributed by atoms with Crippen molar-refractivity contribution in [2.75, 3.05) is 0 Å². The Bertz CT molecular complexity index is 468. The minimum atomic E-state index is -0.421. The van der Waals surface area contributed by atoms with Gasteiger partial charge in [0.15, 0.2) is 0 Å². The molecule has 1 unspecified atom stereocenters. The quantitative estimate of drug-likeness (QED) is 0.915. The molecule has 1 N–H and O–H groups in total. The third-order valence-electron chi connectivity index (χ3n) is 3.38. The molecule has 1 saturated heterocycles. The van der Waals surface area contributed by atoms with E-state index >= 15 is 0 Å². The highest BCUT2D eigenvalue weighted by Gasteiger charge is 2.47. The van der Waals surface area contributed by atoms with Crippen LogP contribution in [0.15, 0.2) is 18.2 Å². The highest BCUT2D eigenvalue weighted by molar-refractivity contribution is 5.29.